The quantitative estimate of drug-likeness (QED) is 0.365. The third kappa shape index (κ3) is 1.87. The molecule has 1 aliphatic carbocycles. The molecule has 1 aliphatic rings. The lowest BCUT2D eigenvalue weighted by molar-refractivity contribution is -0.141. The van der Waals surface area contributed by atoms with Gasteiger partial charge in [-0.2, -0.15) is 0 Å². The molecule has 2 unspecified atom stereocenters. The molecule has 0 saturated heterocycles. The van der Waals surface area contributed by atoms with E-state index in [1.54, 1.807) is 0 Å². The highest BCUT2D eigenvalue weighted by Gasteiger charge is 2.38. The molecule has 6 nitrogen and oxygen atoms in total. The Kier molecular flexibility index (Phi) is 2.52. The highest BCUT2D eigenvalue weighted by Crippen LogP contribution is 2.34. The van der Waals surface area contributed by atoms with Crippen LogP contribution in [0.15, 0.2) is 5.11 Å². The number of aliphatic carboxylic acids is 1. The van der Waals surface area contributed by atoms with Crippen LogP contribution in [0.25, 0.3) is 10.4 Å². The Bertz CT molecular complexity index is 230. The number of hydrogen-bond acceptors (Lipinski definition) is 3. The summed E-state index contributed by atoms with van der Waals surface area (Å²) in [6, 6.07) is -1.33. The predicted octanol–water partition coefficient (Wildman–Crippen LogP) is 0.521. The molecule has 0 aromatic rings. The molecule has 0 aromatic heterocycles. The molecule has 6 heteroatoms. The van der Waals surface area contributed by atoms with Gasteiger partial charge in [-0.3, -0.25) is 4.79 Å². The number of aliphatic hydroxyl groups is 1. The van der Waals surface area contributed by atoms with Crippen molar-refractivity contribution in [2.75, 3.05) is 0 Å². The first-order valence-corrected chi connectivity index (χ1v) is 3.62. The van der Waals surface area contributed by atoms with Crippen LogP contribution in [-0.2, 0) is 4.79 Å². The molecule has 0 aromatic carbocycles. The second-order valence-corrected chi connectivity index (χ2v) is 2.82. The van der Waals surface area contributed by atoms with Gasteiger partial charge in [0.2, 0.25) is 0 Å². The van der Waals surface area contributed by atoms with E-state index in [2.05, 4.69) is 10.0 Å². The highest BCUT2D eigenvalue weighted by atomic mass is 16.4. The molecule has 1 rings (SSSR count). The van der Waals surface area contributed by atoms with Gasteiger partial charge in [0.05, 0.1) is 6.10 Å². The Morgan fingerprint density at radius 2 is 2.25 bits per heavy atom. The van der Waals surface area contributed by atoms with E-state index >= 15 is 0 Å². The second kappa shape index (κ2) is 3.42. The number of carboxylic acid groups (broad SMARTS) is 1. The third-order valence-electron chi connectivity index (χ3n) is 1.86. The fraction of sp³-hybridized carbons (Fsp3) is 0.833. The van der Waals surface area contributed by atoms with Gasteiger partial charge >= 0.3 is 5.97 Å². The van der Waals surface area contributed by atoms with Crippen LogP contribution in [0, 0.1) is 5.92 Å². The molecular weight excluding hydrogens is 162 g/mol. The molecular formula is C6H9N3O3. The maximum atomic E-state index is 10.4. The molecule has 0 bridgehead atoms. The zero-order valence-corrected chi connectivity index (χ0v) is 6.29. The van der Waals surface area contributed by atoms with Crippen molar-refractivity contribution in [1.82, 2.24) is 0 Å². The van der Waals surface area contributed by atoms with E-state index in [-0.39, 0.29) is 5.92 Å². The molecule has 1 saturated carbocycles. The first kappa shape index (κ1) is 8.83. The lowest BCUT2D eigenvalue weighted by Gasteiger charge is -2.12. The number of carboxylic acids is 1. The van der Waals surface area contributed by atoms with Crippen LogP contribution in [0.1, 0.15) is 12.8 Å². The summed E-state index contributed by atoms with van der Waals surface area (Å²) in [5.41, 5.74) is 8.02. The van der Waals surface area contributed by atoms with E-state index < -0.39 is 18.1 Å². The van der Waals surface area contributed by atoms with Gasteiger partial charge in [0, 0.05) is 4.91 Å². The third-order valence-corrected chi connectivity index (χ3v) is 1.86. The lowest BCUT2D eigenvalue weighted by Crippen LogP contribution is -2.33. The van der Waals surface area contributed by atoms with E-state index in [1.165, 1.54) is 0 Å². The first-order valence-electron chi connectivity index (χ1n) is 3.62. The van der Waals surface area contributed by atoms with Gasteiger partial charge in [0.15, 0.2) is 6.04 Å². The van der Waals surface area contributed by atoms with Crippen molar-refractivity contribution in [1.29, 1.82) is 0 Å². The topological polar surface area (TPSA) is 106 Å². The molecule has 0 amide bonds. The molecule has 0 spiro atoms. The normalized spacial score (nSPS) is 20.8. The second-order valence-electron chi connectivity index (χ2n) is 2.82. The van der Waals surface area contributed by atoms with E-state index in [0.29, 0.717) is 0 Å². The van der Waals surface area contributed by atoms with Crippen molar-refractivity contribution in [3.63, 3.8) is 0 Å². The average molecular weight is 171 g/mol. The minimum absolute atomic E-state index is 0.00315. The van der Waals surface area contributed by atoms with Crippen LogP contribution < -0.4 is 0 Å². The Morgan fingerprint density at radius 1 is 1.67 bits per heavy atom. The zero-order valence-electron chi connectivity index (χ0n) is 6.29. The van der Waals surface area contributed by atoms with Crippen molar-refractivity contribution in [2.45, 2.75) is 25.0 Å². The van der Waals surface area contributed by atoms with Gasteiger partial charge in [-0.05, 0) is 24.3 Å². The van der Waals surface area contributed by atoms with Gasteiger partial charge in [-0.25, -0.2) is 0 Å². The number of hydrogen-bond donors (Lipinski definition) is 2. The minimum atomic E-state index is -1.33. The molecule has 0 aliphatic heterocycles. The largest absolute Gasteiger partial charge is 0.481 e. The summed E-state index contributed by atoms with van der Waals surface area (Å²) < 4.78 is 0. The maximum absolute atomic E-state index is 10.4. The van der Waals surface area contributed by atoms with Gasteiger partial charge in [0.25, 0.3) is 0 Å². The summed E-state index contributed by atoms with van der Waals surface area (Å²) in [6.07, 6.45) is 0.594. The fourth-order valence-corrected chi connectivity index (χ4v) is 1.01. The van der Waals surface area contributed by atoms with Crippen molar-refractivity contribution in [3.05, 3.63) is 10.4 Å². The van der Waals surface area contributed by atoms with E-state index in [1.807, 2.05) is 0 Å². The Hall–Kier alpha value is -1.26. The van der Waals surface area contributed by atoms with Gasteiger partial charge < -0.3 is 10.2 Å². The van der Waals surface area contributed by atoms with Gasteiger partial charge in [0.1, 0.15) is 0 Å². The highest BCUT2D eigenvalue weighted by molar-refractivity contribution is 5.74. The molecule has 12 heavy (non-hydrogen) atoms. The Balaban J connectivity index is 2.62. The minimum Gasteiger partial charge on any atom is -0.481 e. The summed E-state index contributed by atoms with van der Waals surface area (Å²) in [5, 5.41) is 20.8. The average Bonchev–Trinajstić information content (AvgIpc) is 2.80. The van der Waals surface area contributed by atoms with Gasteiger partial charge in [-0.15, -0.1) is 0 Å². The molecule has 0 heterocycles. The van der Waals surface area contributed by atoms with Crippen molar-refractivity contribution < 1.29 is 15.0 Å². The zero-order chi connectivity index (χ0) is 9.14. The monoisotopic (exact) mass is 171 g/mol. The van der Waals surface area contributed by atoms with Crippen LogP contribution in [0.2, 0.25) is 0 Å². The predicted molar refractivity (Wildman–Crippen MR) is 39.3 cm³/mol. The van der Waals surface area contributed by atoms with Crippen LogP contribution in [0.5, 0.6) is 0 Å². The van der Waals surface area contributed by atoms with Crippen LogP contribution in [0.3, 0.4) is 0 Å². The SMILES string of the molecule is [N-]=[N+]=NC(C(=O)O)C(O)C1CC1. The van der Waals surface area contributed by atoms with E-state index in [9.17, 15) is 9.90 Å². The number of carbonyl (C=O) groups is 1. The molecule has 66 valence electrons. The Morgan fingerprint density at radius 3 is 2.58 bits per heavy atom. The Labute approximate surface area is 68.4 Å². The summed E-state index contributed by atoms with van der Waals surface area (Å²) in [4.78, 5) is 12.8. The number of rotatable bonds is 4. The summed E-state index contributed by atoms with van der Waals surface area (Å²) in [7, 11) is 0. The number of nitrogens with zero attached hydrogens (tertiary/aromatic N) is 3. The smallest absolute Gasteiger partial charge is 0.315 e. The molecule has 2 atom stereocenters. The number of aliphatic hydroxyl groups excluding tert-OH is 1. The molecule has 1 fully saturated rings. The van der Waals surface area contributed by atoms with Gasteiger partial charge in [-0.1, -0.05) is 5.11 Å². The van der Waals surface area contributed by atoms with Crippen molar-refractivity contribution in [2.24, 2.45) is 11.0 Å². The van der Waals surface area contributed by atoms with Crippen molar-refractivity contribution in [3.8, 4) is 0 Å². The number of azide groups is 1. The standard InChI is InChI=1S/C6H9N3O3/c7-9-8-4(6(11)12)5(10)3-1-2-3/h3-5,10H,1-2H2,(H,11,12). The van der Waals surface area contributed by atoms with Crippen molar-refractivity contribution >= 4 is 5.97 Å². The molecule has 2 N–H and O–H groups in total. The van der Waals surface area contributed by atoms with E-state index in [0.717, 1.165) is 12.8 Å². The fourth-order valence-electron chi connectivity index (χ4n) is 1.01. The molecule has 0 radical (unpaired) electrons. The van der Waals surface area contributed by atoms with Crippen LogP contribution in [-0.4, -0.2) is 28.3 Å². The summed E-state index contributed by atoms with van der Waals surface area (Å²) in [6.45, 7) is 0. The maximum Gasteiger partial charge on any atom is 0.315 e. The first-order chi connectivity index (χ1) is 5.66. The summed E-state index contributed by atoms with van der Waals surface area (Å²) in [5.74, 6) is -1.27. The van der Waals surface area contributed by atoms with Crippen LogP contribution in [0.4, 0.5) is 0 Å². The lowest BCUT2D eigenvalue weighted by atomic mass is 10.1. The van der Waals surface area contributed by atoms with E-state index in [4.69, 9.17) is 10.6 Å². The van der Waals surface area contributed by atoms with Crippen LogP contribution >= 0.6 is 0 Å². The summed E-state index contributed by atoms with van der Waals surface area (Å²) >= 11 is 0.